The van der Waals surface area contributed by atoms with Gasteiger partial charge < -0.3 is 14.6 Å². The first kappa shape index (κ1) is 15.6. The van der Waals surface area contributed by atoms with Crippen molar-refractivity contribution < 1.29 is 9.26 Å². The van der Waals surface area contributed by atoms with Gasteiger partial charge in [-0.1, -0.05) is 11.2 Å². The Kier molecular flexibility index (Phi) is 7.02. The zero-order valence-corrected chi connectivity index (χ0v) is 11.5. The van der Waals surface area contributed by atoms with Crippen molar-refractivity contribution >= 4 is 12.4 Å². The van der Waals surface area contributed by atoms with Crippen LogP contribution in [0.4, 0.5) is 0 Å². The highest BCUT2D eigenvalue weighted by atomic mass is 35.5. The molecule has 0 aliphatic carbocycles. The summed E-state index contributed by atoms with van der Waals surface area (Å²) in [7, 11) is 1.67. The van der Waals surface area contributed by atoms with E-state index in [-0.39, 0.29) is 12.4 Å². The molecule has 0 amide bonds. The van der Waals surface area contributed by atoms with Crippen molar-refractivity contribution in [3.05, 3.63) is 41.8 Å². The molecule has 1 N–H and O–H groups in total. The van der Waals surface area contributed by atoms with Crippen LogP contribution in [0.3, 0.4) is 0 Å². The Morgan fingerprint density at radius 2 is 2.32 bits per heavy atom. The number of nitrogens with zero attached hydrogens (tertiary/aromatic N) is 3. The summed E-state index contributed by atoms with van der Waals surface area (Å²) in [6, 6.07) is 3.88. The van der Waals surface area contributed by atoms with Gasteiger partial charge in [0.15, 0.2) is 5.82 Å². The highest BCUT2D eigenvalue weighted by Crippen LogP contribution is 2.05. The lowest BCUT2D eigenvalue weighted by molar-refractivity contribution is 0.197. The number of pyridine rings is 1. The Balaban J connectivity index is 0.00000180. The Morgan fingerprint density at radius 3 is 3.05 bits per heavy atom. The van der Waals surface area contributed by atoms with Gasteiger partial charge in [-0.05, 0) is 11.6 Å². The summed E-state index contributed by atoms with van der Waals surface area (Å²) in [5.41, 5.74) is 1.07. The largest absolute Gasteiger partial charge is 0.383 e. The number of methoxy groups -OCH3 is 1. The van der Waals surface area contributed by atoms with Crippen LogP contribution in [0.25, 0.3) is 0 Å². The van der Waals surface area contributed by atoms with E-state index in [0.29, 0.717) is 31.3 Å². The molecule has 0 bridgehead atoms. The second-order valence-electron chi connectivity index (χ2n) is 3.81. The molecule has 6 nitrogen and oxygen atoms in total. The average Bonchev–Trinajstić information content (AvgIpc) is 2.84. The number of rotatable bonds is 7. The highest BCUT2D eigenvalue weighted by molar-refractivity contribution is 5.85. The molecule has 2 rings (SSSR count). The van der Waals surface area contributed by atoms with Crippen LogP contribution in [-0.2, 0) is 17.7 Å². The summed E-state index contributed by atoms with van der Waals surface area (Å²) >= 11 is 0. The quantitative estimate of drug-likeness (QED) is 0.771. The van der Waals surface area contributed by atoms with Crippen molar-refractivity contribution in [2.24, 2.45) is 0 Å². The van der Waals surface area contributed by atoms with Gasteiger partial charge in [0.1, 0.15) is 0 Å². The van der Waals surface area contributed by atoms with Crippen molar-refractivity contribution in [1.29, 1.82) is 0 Å². The molecule has 0 radical (unpaired) electrons. The van der Waals surface area contributed by atoms with Crippen LogP contribution in [0.1, 0.15) is 17.3 Å². The standard InChI is InChI=1S/C12H16N4O2.ClH/c1-17-6-5-14-9-12-15-11(16-18-12)7-10-3-2-4-13-8-10;/h2-4,8,14H,5-7,9H2,1H3;1H. The third-order valence-electron chi connectivity index (χ3n) is 2.35. The lowest BCUT2D eigenvalue weighted by Crippen LogP contribution is -2.18. The van der Waals surface area contributed by atoms with E-state index >= 15 is 0 Å². The summed E-state index contributed by atoms with van der Waals surface area (Å²) in [5.74, 6) is 1.26. The average molecular weight is 285 g/mol. The number of aromatic nitrogens is 3. The molecule has 0 aliphatic heterocycles. The number of halogens is 1. The van der Waals surface area contributed by atoms with E-state index < -0.39 is 0 Å². The summed E-state index contributed by atoms with van der Waals surface area (Å²) in [5, 5.41) is 7.07. The minimum absolute atomic E-state index is 0. The second-order valence-corrected chi connectivity index (χ2v) is 3.81. The molecule has 0 saturated heterocycles. The third kappa shape index (κ3) is 5.34. The van der Waals surface area contributed by atoms with Crippen LogP contribution < -0.4 is 5.32 Å². The van der Waals surface area contributed by atoms with E-state index in [1.807, 2.05) is 12.1 Å². The summed E-state index contributed by atoms with van der Waals surface area (Å²) < 4.78 is 10.1. The summed E-state index contributed by atoms with van der Waals surface area (Å²) in [6.07, 6.45) is 4.17. The van der Waals surface area contributed by atoms with Gasteiger partial charge in [0.25, 0.3) is 0 Å². The molecular formula is C12H17ClN4O2. The smallest absolute Gasteiger partial charge is 0.240 e. The zero-order chi connectivity index (χ0) is 12.6. The van der Waals surface area contributed by atoms with Crippen LogP contribution in [-0.4, -0.2) is 35.4 Å². The fraction of sp³-hybridized carbons (Fsp3) is 0.417. The van der Waals surface area contributed by atoms with E-state index in [1.165, 1.54) is 0 Å². The predicted octanol–water partition coefficient (Wildman–Crippen LogP) is 1.21. The maximum atomic E-state index is 5.13. The third-order valence-corrected chi connectivity index (χ3v) is 2.35. The van der Waals surface area contributed by atoms with Gasteiger partial charge in [-0.3, -0.25) is 4.98 Å². The normalized spacial score (nSPS) is 10.2. The molecule has 2 aromatic heterocycles. The van der Waals surface area contributed by atoms with Crippen LogP contribution in [0, 0.1) is 0 Å². The molecule has 0 unspecified atom stereocenters. The molecule has 0 fully saturated rings. The van der Waals surface area contributed by atoms with Crippen molar-refractivity contribution in [3.8, 4) is 0 Å². The minimum atomic E-state index is 0. The van der Waals surface area contributed by atoms with Crippen molar-refractivity contribution in [1.82, 2.24) is 20.4 Å². The van der Waals surface area contributed by atoms with Crippen LogP contribution in [0.2, 0.25) is 0 Å². The Bertz CT molecular complexity index is 464. The minimum Gasteiger partial charge on any atom is -0.383 e. The van der Waals surface area contributed by atoms with Gasteiger partial charge in [0, 0.05) is 32.5 Å². The lowest BCUT2D eigenvalue weighted by atomic mass is 10.2. The zero-order valence-electron chi connectivity index (χ0n) is 10.7. The first-order valence-corrected chi connectivity index (χ1v) is 5.78. The molecule has 0 atom stereocenters. The fourth-order valence-corrected chi connectivity index (χ4v) is 1.49. The molecule has 0 spiro atoms. The van der Waals surface area contributed by atoms with Crippen LogP contribution >= 0.6 is 12.4 Å². The number of ether oxygens (including phenoxy) is 1. The molecular weight excluding hydrogens is 268 g/mol. The van der Waals surface area contributed by atoms with E-state index in [0.717, 1.165) is 12.1 Å². The van der Waals surface area contributed by atoms with E-state index in [2.05, 4.69) is 20.4 Å². The topological polar surface area (TPSA) is 73.1 Å². The van der Waals surface area contributed by atoms with Crippen molar-refractivity contribution in [3.63, 3.8) is 0 Å². The Morgan fingerprint density at radius 1 is 1.42 bits per heavy atom. The van der Waals surface area contributed by atoms with Crippen LogP contribution in [0.5, 0.6) is 0 Å². The summed E-state index contributed by atoms with van der Waals surface area (Å²) in [6.45, 7) is 1.98. The van der Waals surface area contributed by atoms with Gasteiger partial charge in [0.05, 0.1) is 13.2 Å². The molecule has 7 heteroatoms. The molecule has 0 saturated carbocycles. The van der Waals surface area contributed by atoms with E-state index in [4.69, 9.17) is 9.26 Å². The van der Waals surface area contributed by atoms with Gasteiger partial charge in [0.2, 0.25) is 5.89 Å². The molecule has 19 heavy (non-hydrogen) atoms. The molecule has 104 valence electrons. The van der Waals surface area contributed by atoms with Gasteiger partial charge in [-0.2, -0.15) is 4.98 Å². The molecule has 0 aromatic carbocycles. The second kappa shape index (κ2) is 8.58. The van der Waals surface area contributed by atoms with E-state index in [1.54, 1.807) is 19.5 Å². The van der Waals surface area contributed by atoms with Crippen LogP contribution in [0.15, 0.2) is 29.0 Å². The first-order chi connectivity index (χ1) is 8.88. The maximum Gasteiger partial charge on any atom is 0.240 e. The van der Waals surface area contributed by atoms with Crippen molar-refractivity contribution in [2.45, 2.75) is 13.0 Å². The first-order valence-electron chi connectivity index (χ1n) is 5.78. The number of hydrogen-bond acceptors (Lipinski definition) is 6. The molecule has 2 heterocycles. The highest BCUT2D eigenvalue weighted by Gasteiger charge is 2.06. The molecule has 2 aromatic rings. The van der Waals surface area contributed by atoms with Gasteiger partial charge in [-0.25, -0.2) is 0 Å². The summed E-state index contributed by atoms with van der Waals surface area (Å²) in [4.78, 5) is 8.34. The van der Waals surface area contributed by atoms with Crippen molar-refractivity contribution in [2.75, 3.05) is 20.3 Å². The van der Waals surface area contributed by atoms with Gasteiger partial charge in [-0.15, -0.1) is 12.4 Å². The SMILES string of the molecule is COCCNCc1nc(Cc2cccnc2)no1.Cl. The van der Waals surface area contributed by atoms with E-state index in [9.17, 15) is 0 Å². The maximum absolute atomic E-state index is 5.13. The van der Waals surface area contributed by atoms with Gasteiger partial charge >= 0.3 is 0 Å². The monoisotopic (exact) mass is 284 g/mol. The Labute approximate surface area is 118 Å². The number of hydrogen-bond donors (Lipinski definition) is 1. The predicted molar refractivity (Wildman–Crippen MR) is 72.2 cm³/mol. The fourth-order valence-electron chi connectivity index (χ4n) is 1.49. The number of nitrogens with one attached hydrogen (secondary N) is 1. The lowest BCUT2D eigenvalue weighted by Gasteiger charge is -1.98. The molecule has 0 aliphatic rings. The Hall–Kier alpha value is -1.50.